The summed E-state index contributed by atoms with van der Waals surface area (Å²) in [5.41, 5.74) is 3.21. The van der Waals surface area contributed by atoms with Gasteiger partial charge in [-0.2, -0.15) is 0 Å². The molecule has 1 saturated heterocycles. The standard InChI is InChI=1S/C16H22N2O3/c1-11-4-5-14(8-12(11)2)18-10-13(9-15(18)19)16(20)17-6-7-21-3/h4-5,8,13H,6-7,9-10H2,1-3H3,(H,17,20). The van der Waals surface area contributed by atoms with Crippen LogP contribution in [0, 0.1) is 19.8 Å². The number of carbonyl (C=O) groups is 2. The van der Waals surface area contributed by atoms with Gasteiger partial charge in [0.25, 0.3) is 0 Å². The van der Waals surface area contributed by atoms with Crippen molar-refractivity contribution in [3.05, 3.63) is 29.3 Å². The second-order valence-electron chi connectivity index (χ2n) is 5.46. The van der Waals surface area contributed by atoms with E-state index < -0.39 is 0 Å². The van der Waals surface area contributed by atoms with Crippen LogP contribution in [0.2, 0.25) is 0 Å². The fraction of sp³-hybridized carbons (Fsp3) is 0.500. The van der Waals surface area contributed by atoms with Crippen molar-refractivity contribution in [2.24, 2.45) is 5.92 Å². The minimum absolute atomic E-state index is 0.00476. The van der Waals surface area contributed by atoms with E-state index in [0.29, 0.717) is 19.7 Å². The fourth-order valence-electron chi connectivity index (χ4n) is 2.45. The molecule has 2 rings (SSSR count). The molecular weight excluding hydrogens is 268 g/mol. The summed E-state index contributed by atoms with van der Waals surface area (Å²) in [7, 11) is 1.59. The van der Waals surface area contributed by atoms with Gasteiger partial charge in [0.2, 0.25) is 11.8 Å². The number of carbonyl (C=O) groups excluding carboxylic acids is 2. The smallest absolute Gasteiger partial charge is 0.227 e. The Morgan fingerprint density at radius 1 is 1.38 bits per heavy atom. The molecular formula is C16H22N2O3. The topological polar surface area (TPSA) is 58.6 Å². The molecule has 0 aliphatic carbocycles. The van der Waals surface area contributed by atoms with Gasteiger partial charge in [0.15, 0.2) is 0 Å². The molecule has 5 nitrogen and oxygen atoms in total. The van der Waals surface area contributed by atoms with Crippen LogP contribution in [0.25, 0.3) is 0 Å². The predicted molar refractivity (Wildman–Crippen MR) is 81.3 cm³/mol. The van der Waals surface area contributed by atoms with E-state index >= 15 is 0 Å². The monoisotopic (exact) mass is 290 g/mol. The molecule has 1 aliphatic heterocycles. The molecule has 1 aliphatic rings. The third-order valence-corrected chi connectivity index (χ3v) is 3.90. The van der Waals surface area contributed by atoms with Crippen molar-refractivity contribution < 1.29 is 14.3 Å². The Morgan fingerprint density at radius 2 is 2.14 bits per heavy atom. The number of aryl methyl sites for hydroxylation is 2. The molecule has 114 valence electrons. The van der Waals surface area contributed by atoms with E-state index in [4.69, 9.17) is 4.74 Å². The predicted octanol–water partition coefficient (Wildman–Crippen LogP) is 1.42. The van der Waals surface area contributed by atoms with E-state index in [9.17, 15) is 9.59 Å². The summed E-state index contributed by atoms with van der Waals surface area (Å²) in [6.45, 7) is 5.46. The van der Waals surface area contributed by atoms with Crippen molar-refractivity contribution >= 4 is 17.5 Å². The van der Waals surface area contributed by atoms with Gasteiger partial charge in [0, 0.05) is 32.3 Å². The van der Waals surface area contributed by atoms with Crippen LogP contribution in [0.15, 0.2) is 18.2 Å². The second-order valence-corrected chi connectivity index (χ2v) is 5.46. The number of anilines is 1. The van der Waals surface area contributed by atoms with Crippen molar-refractivity contribution in [3.8, 4) is 0 Å². The largest absolute Gasteiger partial charge is 0.383 e. The van der Waals surface area contributed by atoms with Crippen LogP contribution >= 0.6 is 0 Å². The average molecular weight is 290 g/mol. The molecule has 1 fully saturated rings. The molecule has 0 bridgehead atoms. The number of hydrogen-bond acceptors (Lipinski definition) is 3. The second kappa shape index (κ2) is 6.72. The lowest BCUT2D eigenvalue weighted by Gasteiger charge is -2.18. The fourth-order valence-corrected chi connectivity index (χ4v) is 2.45. The van der Waals surface area contributed by atoms with Gasteiger partial charge < -0.3 is 15.0 Å². The van der Waals surface area contributed by atoms with Crippen LogP contribution in [-0.2, 0) is 14.3 Å². The molecule has 1 unspecified atom stereocenters. The van der Waals surface area contributed by atoms with Gasteiger partial charge in [-0.15, -0.1) is 0 Å². The number of ether oxygens (including phenoxy) is 1. The highest BCUT2D eigenvalue weighted by Gasteiger charge is 2.34. The van der Waals surface area contributed by atoms with Crippen molar-refractivity contribution in [3.63, 3.8) is 0 Å². The first-order valence-electron chi connectivity index (χ1n) is 7.17. The molecule has 1 aromatic carbocycles. The quantitative estimate of drug-likeness (QED) is 0.834. The Kier molecular flexibility index (Phi) is 4.96. The molecule has 0 radical (unpaired) electrons. The Hall–Kier alpha value is -1.88. The minimum Gasteiger partial charge on any atom is -0.383 e. The van der Waals surface area contributed by atoms with Gasteiger partial charge in [-0.1, -0.05) is 6.07 Å². The number of nitrogens with zero attached hydrogens (tertiary/aromatic N) is 1. The summed E-state index contributed by atoms with van der Waals surface area (Å²) in [5.74, 6) is -0.354. The first-order chi connectivity index (χ1) is 10.0. The Bertz CT molecular complexity index is 542. The number of rotatable bonds is 5. The van der Waals surface area contributed by atoms with Crippen molar-refractivity contribution in [2.75, 3.05) is 31.7 Å². The maximum atomic E-state index is 12.1. The van der Waals surface area contributed by atoms with Crippen LogP contribution in [0.5, 0.6) is 0 Å². The Labute approximate surface area is 125 Å². The van der Waals surface area contributed by atoms with Crippen LogP contribution in [0.3, 0.4) is 0 Å². The highest BCUT2D eigenvalue weighted by atomic mass is 16.5. The molecule has 1 atom stereocenters. The maximum absolute atomic E-state index is 12.1. The van der Waals surface area contributed by atoms with Gasteiger partial charge in [-0.05, 0) is 37.1 Å². The number of benzene rings is 1. The normalized spacial score (nSPS) is 18.1. The number of nitrogens with one attached hydrogen (secondary N) is 1. The highest BCUT2D eigenvalue weighted by molar-refractivity contribution is 6.00. The van der Waals surface area contributed by atoms with Gasteiger partial charge in [0.1, 0.15) is 0 Å². The summed E-state index contributed by atoms with van der Waals surface area (Å²) in [5, 5.41) is 2.80. The molecule has 0 saturated carbocycles. The zero-order valence-electron chi connectivity index (χ0n) is 12.8. The first-order valence-corrected chi connectivity index (χ1v) is 7.17. The van der Waals surface area contributed by atoms with Crippen LogP contribution in [-0.4, -0.2) is 38.6 Å². The SMILES string of the molecule is COCCNC(=O)C1CC(=O)N(c2ccc(C)c(C)c2)C1. The molecule has 1 N–H and O–H groups in total. The number of methoxy groups -OCH3 is 1. The van der Waals surface area contributed by atoms with Gasteiger partial charge in [0.05, 0.1) is 12.5 Å². The lowest BCUT2D eigenvalue weighted by Crippen LogP contribution is -2.34. The molecule has 5 heteroatoms. The zero-order valence-corrected chi connectivity index (χ0v) is 12.8. The van der Waals surface area contributed by atoms with Gasteiger partial charge >= 0.3 is 0 Å². The minimum atomic E-state index is -0.282. The van der Waals surface area contributed by atoms with E-state index in [-0.39, 0.29) is 24.2 Å². The van der Waals surface area contributed by atoms with Crippen LogP contribution in [0.1, 0.15) is 17.5 Å². The summed E-state index contributed by atoms with van der Waals surface area (Å²) >= 11 is 0. The first kappa shape index (κ1) is 15.5. The van der Waals surface area contributed by atoms with Gasteiger partial charge in [-0.3, -0.25) is 9.59 Å². The Balaban J connectivity index is 2.02. The maximum Gasteiger partial charge on any atom is 0.227 e. The molecule has 0 spiro atoms. The van der Waals surface area contributed by atoms with E-state index in [1.165, 1.54) is 5.56 Å². The zero-order chi connectivity index (χ0) is 15.4. The average Bonchev–Trinajstić information content (AvgIpc) is 2.84. The third kappa shape index (κ3) is 3.61. The summed E-state index contributed by atoms with van der Waals surface area (Å²) in [6.07, 6.45) is 0.270. The Morgan fingerprint density at radius 3 is 2.81 bits per heavy atom. The molecule has 2 amide bonds. The molecule has 0 aromatic heterocycles. The number of hydrogen-bond donors (Lipinski definition) is 1. The lowest BCUT2D eigenvalue weighted by molar-refractivity contribution is -0.126. The summed E-state index contributed by atoms with van der Waals surface area (Å²) in [4.78, 5) is 25.9. The summed E-state index contributed by atoms with van der Waals surface area (Å²) < 4.78 is 4.90. The van der Waals surface area contributed by atoms with E-state index in [1.54, 1.807) is 12.0 Å². The van der Waals surface area contributed by atoms with E-state index in [1.807, 2.05) is 32.0 Å². The van der Waals surface area contributed by atoms with E-state index in [0.717, 1.165) is 11.3 Å². The van der Waals surface area contributed by atoms with Crippen LogP contribution < -0.4 is 10.2 Å². The van der Waals surface area contributed by atoms with Crippen molar-refractivity contribution in [1.29, 1.82) is 0 Å². The molecule has 1 aromatic rings. The molecule has 1 heterocycles. The lowest BCUT2D eigenvalue weighted by atomic mass is 10.1. The number of amides is 2. The van der Waals surface area contributed by atoms with E-state index in [2.05, 4.69) is 5.32 Å². The highest BCUT2D eigenvalue weighted by Crippen LogP contribution is 2.26. The summed E-state index contributed by atoms with van der Waals surface area (Å²) in [6, 6.07) is 5.94. The van der Waals surface area contributed by atoms with Gasteiger partial charge in [-0.25, -0.2) is 0 Å². The van der Waals surface area contributed by atoms with Crippen molar-refractivity contribution in [2.45, 2.75) is 20.3 Å². The third-order valence-electron chi connectivity index (χ3n) is 3.90. The van der Waals surface area contributed by atoms with Crippen LogP contribution in [0.4, 0.5) is 5.69 Å². The van der Waals surface area contributed by atoms with Crippen molar-refractivity contribution in [1.82, 2.24) is 5.32 Å². The molecule has 21 heavy (non-hydrogen) atoms.